The third-order valence-electron chi connectivity index (χ3n) is 4.94. The van der Waals surface area contributed by atoms with Crippen LogP contribution in [0.15, 0.2) is 24.3 Å². The lowest BCUT2D eigenvalue weighted by atomic mass is 10.0. The number of hydrogen-bond donors (Lipinski definition) is 2. The Bertz CT molecular complexity index is 965. The van der Waals surface area contributed by atoms with Gasteiger partial charge in [-0.1, -0.05) is 12.1 Å². The quantitative estimate of drug-likeness (QED) is 0.666. The van der Waals surface area contributed by atoms with Gasteiger partial charge in [-0.05, 0) is 58.2 Å². The number of alkyl halides is 3. The molecule has 2 aromatic rings. The first-order valence-electron chi connectivity index (χ1n) is 10.6. The number of aromatic nitrogens is 2. The highest BCUT2D eigenvalue weighted by Crippen LogP contribution is 2.35. The van der Waals surface area contributed by atoms with Crippen molar-refractivity contribution in [1.29, 1.82) is 0 Å². The van der Waals surface area contributed by atoms with Crippen LogP contribution in [0.1, 0.15) is 67.9 Å². The minimum absolute atomic E-state index is 0.0636. The van der Waals surface area contributed by atoms with E-state index in [4.69, 9.17) is 4.74 Å². The molecule has 0 saturated carbocycles. The van der Waals surface area contributed by atoms with Crippen molar-refractivity contribution in [2.75, 3.05) is 11.9 Å². The number of anilines is 1. The Morgan fingerprint density at radius 2 is 1.97 bits per heavy atom. The molecule has 0 radical (unpaired) electrons. The molecular formula is C23H29F3N4O2. The second-order valence-corrected chi connectivity index (χ2v) is 9.01. The molecule has 2 N–H and O–H groups in total. The van der Waals surface area contributed by atoms with Crippen molar-refractivity contribution in [3.63, 3.8) is 0 Å². The molecule has 3 rings (SSSR count). The molecule has 0 bridgehead atoms. The van der Waals surface area contributed by atoms with Crippen LogP contribution in [0.2, 0.25) is 0 Å². The van der Waals surface area contributed by atoms with Gasteiger partial charge in [-0.15, -0.1) is 0 Å². The minimum atomic E-state index is -4.40. The zero-order chi connectivity index (χ0) is 23.5. The summed E-state index contributed by atoms with van der Waals surface area (Å²) in [6, 6.07) is 5.17. The molecule has 2 heterocycles. The highest BCUT2D eigenvalue weighted by molar-refractivity contribution is 5.79. The minimum Gasteiger partial charge on any atom is -0.373 e. The van der Waals surface area contributed by atoms with Gasteiger partial charge in [-0.25, -0.2) is 9.97 Å². The number of halogens is 3. The predicted octanol–water partition coefficient (Wildman–Crippen LogP) is 4.72. The van der Waals surface area contributed by atoms with E-state index in [-0.39, 0.29) is 30.5 Å². The molecule has 9 heteroatoms. The fourth-order valence-electron chi connectivity index (χ4n) is 3.71. The fraction of sp³-hybridized carbons (Fsp3) is 0.522. The van der Waals surface area contributed by atoms with E-state index in [9.17, 15) is 18.0 Å². The molecule has 1 aliphatic rings. The molecule has 1 saturated heterocycles. The summed E-state index contributed by atoms with van der Waals surface area (Å²) in [6.07, 6.45) is -2.97. The number of carbonyl (C=O) groups is 1. The zero-order valence-electron chi connectivity index (χ0n) is 18.8. The first-order chi connectivity index (χ1) is 14.9. The molecular weight excluding hydrogens is 421 g/mol. The fourth-order valence-corrected chi connectivity index (χ4v) is 3.71. The normalized spacial score (nSPS) is 16.8. The monoisotopic (exact) mass is 450 g/mol. The zero-order valence-corrected chi connectivity index (χ0v) is 18.8. The topological polar surface area (TPSA) is 76.1 Å². The lowest BCUT2D eigenvalue weighted by Crippen LogP contribution is -2.41. The van der Waals surface area contributed by atoms with Crippen LogP contribution in [-0.2, 0) is 28.7 Å². The van der Waals surface area contributed by atoms with Crippen LogP contribution in [-0.4, -0.2) is 28.0 Å². The van der Waals surface area contributed by atoms with Crippen LogP contribution in [0.25, 0.3) is 0 Å². The van der Waals surface area contributed by atoms with Gasteiger partial charge in [-0.3, -0.25) is 4.79 Å². The number of benzene rings is 1. The van der Waals surface area contributed by atoms with Crippen molar-refractivity contribution in [1.82, 2.24) is 15.3 Å². The van der Waals surface area contributed by atoms with Crippen LogP contribution >= 0.6 is 0 Å². The van der Waals surface area contributed by atoms with Gasteiger partial charge in [0, 0.05) is 24.3 Å². The summed E-state index contributed by atoms with van der Waals surface area (Å²) in [5.74, 6) is 0.788. The maximum atomic E-state index is 13.0. The number of nitrogens with one attached hydrogen (secondary N) is 2. The first-order valence-corrected chi connectivity index (χ1v) is 10.6. The molecule has 1 unspecified atom stereocenters. The SMILES string of the molecule is Cc1nc(CC(=O)NC(C)(C)C)c(C2CCCO2)c(NCc2cccc(C(F)(F)F)c2)n1. The van der Waals surface area contributed by atoms with Crippen molar-refractivity contribution in [2.24, 2.45) is 0 Å². The van der Waals surface area contributed by atoms with Gasteiger partial charge in [-0.2, -0.15) is 13.2 Å². The summed E-state index contributed by atoms with van der Waals surface area (Å²) < 4.78 is 45.0. The Morgan fingerprint density at radius 1 is 1.22 bits per heavy atom. The summed E-state index contributed by atoms with van der Waals surface area (Å²) in [5.41, 5.74) is 0.658. The molecule has 1 aromatic carbocycles. The van der Waals surface area contributed by atoms with Gasteiger partial charge in [0.15, 0.2) is 0 Å². The van der Waals surface area contributed by atoms with Crippen molar-refractivity contribution < 1.29 is 22.7 Å². The van der Waals surface area contributed by atoms with Gasteiger partial charge in [0.2, 0.25) is 5.91 Å². The third-order valence-corrected chi connectivity index (χ3v) is 4.94. The Hall–Kier alpha value is -2.68. The van der Waals surface area contributed by atoms with Gasteiger partial charge < -0.3 is 15.4 Å². The van der Waals surface area contributed by atoms with Crippen LogP contribution in [0.4, 0.5) is 19.0 Å². The number of ether oxygens (including phenoxy) is 1. The number of nitrogens with zero attached hydrogens (tertiary/aromatic N) is 2. The average Bonchev–Trinajstić information content (AvgIpc) is 3.18. The van der Waals surface area contributed by atoms with Gasteiger partial charge in [0.05, 0.1) is 23.8 Å². The molecule has 0 aliphatic carbocycles. The predicted molar refractivity (Wildman–Crippen MR) is 115 cm³/mol. The second kappa shape index (κ2) is 9.44. The molecule has 6 nitrogen and oxygen atoms in total. The Balaban J connectivity index is 1.89. The smallest absolute Gasteiger partial charge is 0.373 e. The van der Waals surface area contributed by atoms with E-state index in [0.29, 0.717) is 35.1 Å². The number of amides is 1. The third kappa shape index (κ3) is 6.41. The van der Waals surface area contributed by atoms with Crippen LogP contribution in [0.3, 0.4) is 0 Å². The Labute approximate surface area is 186 Å². The van der Waals surface area contributed by atoms with Crippen LogP contribution in [0.5, 0.6) is 0 Å². The van der Waals surface area contributed by atoms with Crippen LogP contribution < -0.4 is 10.6 Å². The maximum absolute atomic E-state index is 13.0. The molecule has 1 aliphatic heterocycles. The van der Waals surface area contributed by atoms with Crippen molar-refractivity contribution in [2.45, 2.75) is 71.3 Å². The number of hydrogen-bond acceptors (Lipinski definition) is 5. The summed E-state index contributed by atoms with van der Waals surface area (Å²) in [7, 11) is 0. The molecule has 174 valence electrons. The van der Waals surface area contributed by atoms with Gasteiger partial charge >= 0.3 is 6.18 Å². The summed E-state index contributed by atoms with van der Waals surface area (Å²) >= 11 is 0. The first kappa shape index (κ1) is 24.0. The van der Waals surface area contributed by atoms with E-state index in [1.54, 1.807) is 13.0 Å². The molecule has 1 fully saturated rings. The molecule has 1 aromatic heterocycles. The number of carbonyl (C=O) groups excluding carboxylic acids is 1. The van der Waals surface area contributed by atoms with Crippen molar-refractivity contribution in [3.05, 3.63) is 52.5 Å². The highest BCUT2D eigenvalue weighted by atomic mass is 19.4. The lowest BCUT2D eigenvalue weighted by molar-refractivity contribution is -0.137. The standard InChI is InChI=1S/C23H29F3N4O2/c1-14-28-17(12-19(31)30-22(2,3)4)20(18-9-6-10-32-18)21(29-14)27-13-15-7-5-8-16(11-15)23(24,25)26/h5,7-8,11,18H,6,9-10,12-13H2,1-4H3,(H,30,31)(H,27,28,29). The van der Waals surface area contributed by atoms with Crippen molar-refractivity contribution in [3.8, 4) is 0 Å². The summed E-state index contributed by atoms with van der Waals surface area (Å²) in [5, 5.41) is 6.09. The van der Waals surface area contributed by atoms with E-state index in [1.165, 1.54) is 6.07 Å². The Kier molecular flexibility index (Phi) is 7.07. The molecule has 0 spiro atoms. The van der Waals surface area contributed by atoms with Crippen molar-refractivity contribution >= 4 is 11.7 Å². The highest BCUT2D eigenvalue weighted by Gasteiger charge is 2.31. The van der Waals surface area contributed by atoms with Gasteiger partial charge in [0.1, 0.15) is 11.6 Å². The second-order valence-electron chi connectivity index (χ2n) is 9.01. The summed E-state index contributed by atoms with van der Waals surface area (Å²) in [4.78, 5) is 21.6. The maximum Gasteiger partial charge on any atom is 0.416 e. The molecule has 1 atom stereocenters. The van der Waals surface area contributed by atoms with E-state index in [0.717, 1.165) is 25.0 Å². The number of aryl methyl sites for hydroxylation is 1. The molecule has 32 heavy (non-hydrogen) atoms. The summed E-state index contributed by atoms with van der Waals surface area (Å²) in [6.45, 7) is 8.17. The molecule has 1 amide bonds. The lowest BCUT2D eigenvalue weighted by Gasteiger charge is -2.23. The van der Waals surface area contributed by atoms with E-state index >= 15 is 0 Å². The van der Waals surface area contributed by atoms with E-state index in [2.05, 4.69) is 20.6 Å². The largest absolute Gasteiger partial charge is 0.416 e. The van der Waals surface area contributed by atoms with E-state index < -0.39 is 11.7 Å². The average molecular weight is 451 g/mol. The Morgan fingerprint density at radius 3 is 2.59 bits per heavy atom. The van der Waals surface area contributed by atoms with Crippen LogP contribution in [0, 0.1) is 6.92 Å². The van der Waals surface area contributed by atoms with E-state index in [1.807, 2.05) is 20.8 Å². The van der Waals surface area contributed by atoms with Gasteiger partial charge in [0.25, 0.3) is 0 Å². The number of rotatable bonds is 6.